The maximum Gasteiger partial charge on any atom is 0.267 e. The molecule has 0 aliphatic carbocycles. The number of hydrogen-bond donors (Lipinski definition) is 3. The minimum atomic E-state index is -0.0840. The van der Waals surface area contributed by atoms with Crippen LogP contribution in [0.5, 0.6) is 0 Å². The van der Waals surface area contributed by atoms with Crippen LogP contribution in [-0.4, -0.2) is 42.5 Å². The monoisotopic (exact) mass is 260 g/mol. The van der Waals surface area contributed by atoms with Crippen LogP contribution in [0.15, 0.2) is 24.3 Å². The smallest absolute Gasteiger partial charge is 0.267 e. The molecule has 0 saturated carbocycles. The summed E-state index contributed by atoms with van der Waals surface area (Å²) in [6, 6.07) is 7.38. The van der Waals surface area contributed by atoms with Gasteiger partial charge in [0.25, 0.3) is 5.91 Å². The van der Waals surface area contributed by atoms with Crippen molar-refractivity contribution in [1.29, 1.82) is 0 Å². The number of carbonyl (C=O) groups is 1. The third-order valence-electron chi connectivity index (χ3n) is 3.21. The largest absolute Gasteiger partial charge is 0.399 e. The molecule has 0 saturated heterocycles. The van der Waals surface area contributed by atoms with Crippen LogP contribution in [0, 0.1) is 0 Å². The summed E-state index contributed by atoms with van der Waals surface area (Å²) in [6.45, 7) is 4.54. The second kappa shape index (κ2) is 5.75. The first-order valence-corrected chi connectivity index (χ1v) is 6.45. The van der Waals surface area contributed by atoms with E-state index in [0.717, 1.165) is 24.0 Å². The summed E-state index contributed by atoms with van der Waals surface area (Å²) in [4.78, 5) is 17.2. The molecule has 102 valence electrons. The molecule has 5 nitrogen and oxygen atoms in total. The zero-order valence-corrected chi connectivity index (χ0v) is 11.4. The van der Waals surface area contributed by atoms with Crippen molar-refractivity contribution in [3.05, 3.63) is 30.0 Å². The topological polar surface area (TPSA) is 74.2 Å². The van der Waals surface area contributed by atoms with Gasteiger partial charge in [0, 0.05) is 29.7 Å². The quantitative estimate of drug-likeness (QED) is 0.712. The first kappa shape index (κ1) is 13.4. The zero-order chi connectivity index (χ0) is 13.8. The standard InChI is InChI=1S/C14H20N4O/c1-3-18(2)7-6-16-14(19)13-9-10-8-11(15)4-5-12(10)17-13/h4-5,8-9,17H,3,6-7,15H2,1-2H3,(H,16,19). The van der Waals surface area contributed by atoms with E-state index in [2.05, 4.69) is 22.1 Å². The Morgan fingerprint density at radius 3 is 2.95 bits per heavy atom. The van der Waals surface area contributed by atoms with E-state index in [0.29, 0.717) is 17.9 Å². The van der Waals surface area contributed by atoms with Gasteiger partial charge in [-0.05, 0) is 37.9 Å². The SMILES string of the molecule is CCN(C)CCNC(=O)c1cc2cc(N)ccc2[nH]1. The highest BCUT2D eigenvalue weighted by molar-refractivity contribution is 5.98. The fourth-order valence-corrected chi connectivity index (χ4v) is 1.89. The molecule has 0 unspecified atom stereocenters. The predicted octanol–water partition coefficient (Wildman–Crippen LogP) is 1.43. The van der Waals surface area contributed by atoms with Crippen molar-refractivity contribution in [3.63, 3.8) is 0 Å². The Bertz CT molecular complexity index is 576. The lowest BCUT2D eigenvalue weighted by Gasteiger charge is -2.13. The first-order chi connectivity index (χ1) is 9.10. The van der Waals surface area contributed by atoms with Gasteiger partial charge in [-0.1, -0.05) is 6.92 Å². The molecule has 0 aliphatic heterocycles. The number of fused-ring (bicyclic) bond motifs is 1. The molecule has 2 aromatic rings. The number of nitrogens with zero attached hydrogens (tertiary/aromatic N) is 1. The van der Waals surface area contributed by atoms with E-state index in [1.54, 1.807) is 0 Å². The van der Waals surface area contributed by atoms with Gasteiger partial charge in [-0.3, -0.25) is 4.79 Å². The van der Waals surface area contributed by atoms with Crippen LogP contribution in [0.25, 0.3) is 10.9 Å². The number of nitrogen functional groups attached to an aromatic ring is 1. The van der Waals surface area contributed by atoms with Crippen LogP contribution in [-0.2, 0) is 0 Å². The Hall–Kier alpha value is -2.01. The van der Waals surface area contributed by atoms with E-state index in [-0.39, 0.29) is 5.91 Å². The lowest BCUT2D eigenvalue weighted by atomic mass is 10.2. The molecule has 19 heavy (non-hydrogen) atoms. The number of benzene rings is 1. The van der Waals surface area contributed by atoms with Crippen LogP contribution in [0.2, 0.25) is 0 Å². The van der Waals surface area contributed by atoms with Crippen molar-refractivity contribution >= 4 is 22.5 Å². The lowest BCUT2D eigenvalue weighted by molar-refractivity contribution is 0.0946. The highest BCUT2D eigenvalue weighted by Crippen LogP contribution is 2.18. The first-order valence-electron chi connectivity index (χ1n) is 6.45. The minimum Gasteiger partial charge on any atom is -0.399 e. The Kier molecular flexibility index (Phi) is 4.06. The highest BCUT2D eigenvalue weighted by Gasteiger charge is 2.09. The molecule has 0 spiro atoms. The number of aromatic amines is 1. The third kappa shape index (κ3) is 3.26. The molecule has 2 rings (SSSR count). The van der Waals surface area contributed by atoms with Gasteiger partial charge in [-0.25, -0.2) is 0 Å². The Balaban J connectivity index is 2.01. The number of nitrogens with two attached hydrogens (primary N) is 1. The maximum atomic E-state index is 12.0. The molecule has 0 aliphatic rings. The Morgan fingerprint density at radius 2 is 2.21 bits per heavy atom. The van der Waals surface area contributed by atoms with Gasteiger partial charge < -0.3 is 20.9 Å². The van der Waals surface area contributed by atoms with Gasteiger partial charge >= 0.3 is 0 Å². The van der Waals surface area contributed by atoms with Crippen molar-refractivity contribution in [2.45, 2.75) is 6.92 Å². The summed E-state index contributed by atoms with van der Waals surface area (Å²) in [5, 5.41) is 3.85. The molecule has 0 fully saturated rings. The average Bonchev–Trinajstić information content (AvgIpc) is 2.81. The van der Waals surface area contributed by atoms with Crippen LogP contribution in [0.3, 0.4) is 0 Å². The number of nitrogens with one attached hydrogen (secondary N) is 2. The van der Waals surface area contributed by atoms with E-state index in [1.807, 2.05) is 31.3 Å². The summed E-state index contributed by atoms with van der Waals surface area (Å²) in [5.74, 6) is -0.0840. The molecule has 1 amide bonds. The van der Waals surface area contributed by atoms with Gasteiger partial charge in [0.1, 0.15) is 5.69 Å². The maximum absolute atomic E-state index is 12.0. The number of aromatic nitrogens is 1. The number of hydrogen-bond acceptors (Lipinski definition) is 3. The number of rotatable bonds is 5. The van der Waals surface area contributed by atoms with Crippen molar-refractivity contribution in [1.82, 2.24) is 15.2 Å². The van der Waals surface area contributed by atoms with Gasteiger partial charge in [0.2, 0.25) is 0 Å². The Morgan fingerprint density at radius 1 is 1.42 bits per heavy atom. The normalized spacial score (nSPS) is 11.1. The van der Waals surface area contributed by atoms with Crippen molar-refractivity contribution in [2.24, 2.45) is 0 Å². The van der Waals surface area contributed by atoms with Crippen molar-refractivity contribution in [2.75, 3.05) is 32.4 Å². The van der Waals surface area contributed by atoms with Crippen LogP contribution in [0.4, 0.5) is 5.69 Å². The molecular formula is C14H20N4O. The molecule has 0 atom stereocenters. The Labute approximate surface area is 112 Å². The van der Waals surface area contributed by atoms with Crippen LogP contribution >= 0.6 is 0 Å². The van der Waals surface area contributed by atoms with E-state index >= 15 is 0 Å². The number of H-pyrrole nitrogens is 1. The summed E-state index contributed by atoms with van der Waals surface area (Å²) >= 11 is 0. The van der Waals surface area contributed by atoms with E-state index in [1.165, 1.54) is 0 Å². The molecule has 0 bridgehead atoms. The third-order valence-corrected chi connectivity index (χ3v) is 3.21. The molecule has 0 radical (unpaired) electrons. The second-order valence-electron chi connectivity index (χ2n) is 4.68. The van der Waals surface area contributed by atoms with Crippen LogP contribution < -0.4 is 11.1 Å². The zero-order valence-electron chi connectivity index (χ0n) is 11.4. The summed E-state index contributed by atoms with van der Waals surface area (Å²) in [5.41, 5.74) is 7.91. The predicted molar refractivity (Wildman–Crippen MR) is 78.2 cm³/mol. The van der Waals surface area contributed by atoms with Gasteiger partial charge in [0.05, 0.1) is 0 Å². The fraction of sp³-hybridized carbons (Fsp3) is 0.357. The summed E-state index contributed by atoms with van der Waals surface area (Å²) in [6.07, 6.45) is 0. The van der Waals surface area contributed by atoms with Gasteiger partial charge in [-0.2, -0.15) is 0 Å². The average molecular weight is 260 g/mol. The molecule has 5 heteroatoms. The number of amides is 1. The number of likely N-dealkylation sites (N-methyl/N-ethyl adjacent to an activating group) is 1. The van der Waals surface area contributed by atoms with Crippen LogP contribution in [0.1, 0.15) is 17.4 Å². The fourth-order valence-electron chi connectivity index (χ4n) is 1.89. The van der Waals surface area contributed by atoms with Gasteiger partial charge in [-0.15, -0.1) is 0 Å². The minimum absolute atomic E-state index is 0.0840. The molecule has 1 aromatic carbocycles. The van der Waals surface area contributed by atoms with E-state index in [4.69, 9.17) is 5.73 Å². The highest BCUT2D eigenvalue weighted by atomic mass is 16.1. The van der Waals surface area contributed by atoms with Gasteiger partial charge in [0.15, 0.2) is 0 Å². The van der Waals surface area contributed by atoms with E-state index < -0.39 is 0 Å². The summed E-state index contributed by atoms with van der Waals surface area (Å²) in [7, 11) is 2.03. The molecule has 1 aromatic heterocycles. The number of anilines is 1. The molecular weight excluding hydrogens is 240 g/mol. The van der Waals surface area contributed by atoms with Crippen molar-refractivity contribution in [3.8, 4) is 0 Å². The molecule has 1 heterocycles. The molecule has 4 N–H and O–H groups in total. The van der Waals surface area contributed by atoms with Crippen molar-refractivity contribution < 1.29 is 4.79 Å². The summed E-state index contributed by atoms with van der Waals surface area (Å²) < 4.78 is 0. The van der Waals surface area contributed by atoms with E-state index in [9.17, 15) is 4.79 Å². The second-order valence-corrected chi connectivity index (χ2v) is 4.68. The number of carbonyl (C=O) groups excluding carboxylic acids is 1. The lowest BCUT2D eigenvalue weighted by Crippen LogP contribution is -2.33.